The summed E-state index contributed by atoms with van der Waals surface area (Å²) in [5.41, 5.74) is 1.61. The molecular weight excluding hydrogens is 410 g/mol. The Balaban J connectivity index is 1.51. The lowest BCUT2D eigenvalue weighted by Crippen LogP contribution is -2.52. The van der Waals surface area contributed by atoms with E-state index in [0.717, 1.165) is 0 Å². The first-order valence-corrected chi connectivity index (χ1v) is 10.3. The van der Waals surface area contributed by atoms with Crippen LogP contribution in [-0.2, 0) is 14.3 Å². The third-order valence-electron chi connectivity index (χ3n) is 4.94. The molecule has 0 aliphatic carbocycles. The molecule has 0 radical (unpaired) electrons. The van der Waals surface area contributed by atoms with E-state index in [-0.39, 0.29) is 31.6 Å². The number of halogens is 1. The molecule has 0 aromatic heterocycles. The first-order chi connectivity index (χ1) is 14.5. The van der Waals surface area contributed by atoms with Crippen molar-refractivity contribution in [2.45, 2.75) is 6.92 Å². The summed E-state index contributed by atoms with van der Waals surface area (Å²) in [6.07, 6.45) is 0. The van der Waals surface area contributed by atoms with Crippen LogP contribution in [0.3, 0.4) is 0 Å². The first kappa shape index (κ1) is 22.1. The maximum atomic E-state index is 12.3. The van der Waals surface area contributed by atoms with Crippen LogP contribution >= 0.6 is 11.6 Å². The number of nitrogens with zero attached hydrogens (tertiary/aromatic N) is 2. The fourth-order valence-corrected chi connectivity index (χ4v) is 3.55. The van der Waals surface area contributed by atoms with Crippen LogP contribution in [0, 0.1) is 0 Å². The van der Waals surface area contributed by atoms with E-state index < -0.39 is 5.97 Å². The number of carbonyl (C=O) groups excluding carboxylic acids is 3. The van der Waals surface area contributed by atoms with Crippen LogP contribution in [-0.4, -0.2) is 80.1 Å². The van der Waals surface area contributed by atoms with Crippen molar-refractivity contribution in [2.24, 2.45) is 0 Å². The number of amides is 3. The number of anilines is 1. The minimum Gasteiger partial charge on any atom is -0.463 e. The van der Waals surface area contributed by atoms with Gasteiger partial charge in [0.2, 0.25) is 5.91 Å². The van der Waals surface area contributed by atoms with Gasteiger partial charge in [0.15, 0.2) is 0 Å². The third-order valence-corrected chi connectivity index (χ3v) is 5.27. The second-order valence-electron chi connectivity index (χ2n) is 7.07. The lowest BCUT2D eigenvalue weighted by Gasteiger charge is -2.35. The minimum absolute atomic E-state index is 0.116. The molecule has 10 heteroatoms. The highest BCUT2D eigenvalue weighted by atomic mass is 35.5. The van der Waals surface area contributed by atoms with Crippen molar-refractivity contribution in [3.63, 3.8) is 0 Å². The Hall–Kier alpha value is -2.62. The molecule has 9 nitrogen and oxygen atoms in total. The summed E-state index contributed by atoms with van der Waals surface area (Å²) in [5.74, 6) is -0.538. The molecule has 3 amide bonds. The van der Waals surface area contributed by atoms with Gasteiger partial charge in [-0.2, -0.15) is 0 Å². The zero-order chi connectivity index (χ0) is 21.5. The Bertz CT molecular complexity index is 836. The Morgan fingerprint density at radius 3 is 2.57 bits per heavy atom. The number of rotatable bonds is 7. The molecule has 3 N–H and O–H groups in total. The van der Waals surface area contributed by atoms with Gasteiger partial charge in [-0.1, -0.05) is 23.7 Å². The second kappa shape index (κ2) is 10.4. The number of nitrogens with one attached hydrogen (secondary N) is 3. The zero-order valence-electron chi connectivity index (χ0n) is 16.9. The molecule has 1 fully saturated rings. The molecule has 1 aromatic carbocycles. The molecule has 0 saturated carbocycles. The van der Waals surface area contributed by atoms with Crippen molar-refractivity contribution in [2.75, 3.05) is 57.7 Å². The van der Waals surface area contributed by atoms with E-state index in [1.807, 2.05) is 12.1 Å². The number of esters is 1. The van der Waals surface area contributed by atoms with Crippen LogP contribution in [0.5, 0.6) is 0 Å². The van der Waals surface area contributed by atoms with Crippen molar-refractivity contribution in [1.82, 2.24) is 20.4 Å². The summed E-state index contributed by atoms with van der Waals surface area (Å²) >= 11 is 6.08. The van der Waals surface area contributed by atoms with Crippen molar-refractivity contribution < 1.29 is 19.1 Å². The summed E-state index contributed by atoms with van der Waals surface area (Å²) in [6, 6.07) is 6.80. The summed E-state index contributed by atoms with van der Waals surface area (Å²) in [5, 5.41) is 8.66. The second-order valence-corrected chi connectivity index (χ2v) is 7.47. The van der Waals surface area contributed by atoms with Gasteiger partial charge in [-0.25, -0.2) is 9.59 Å². The molecule has 0 bridgehead atoms. The lowest BCUT2D eigenvalue weighted by atomic mass is 10.1. The van der Waals surface area contributed by atoms with Crippen LogP contribution in [0.25, 0.3) is 0 Å². The van der Waals surface area contributed by atoms with Crippen LogP contribution in [0.15, 0.2) is 35.5 Å². The van der Waals surface area contributed by atoms with E-state index in [4.69, 9.17) is 16.3 Å². The molecule has 0 atom stereocenters. The monoisotopic (exact) mass is 435 g/mol. The SMILES string of the molecule is CCOC(=O)C1=C(CN2CCN(CC(=O)Nc3ccccc3Cl)CC2)NC(=O)NC1. The zero-order valence-corrected chi connectivity index (χ0v) is 17.6. The maximum absolute atomic E-state index is 12.3. The molecular formula is C20H26ClN5O4. The number of benzene rings is 1. The molecule has 1 aromatic rings. The van der Waals surface area contributed by atoms with Crippen LogP contribution in [0.2, 0.25) is 5.02 Å². The van der Waals surface area contributed by atoms with Crippen LogP contribution in [0.4, 0.5) is 10.5 Å². The van der Waals surface area contributed by atoms with Crippen LogP contribution in [0.1, 0.15) is 6.92 Å². The average molecular weight is 436 g/mol. The summed E-state index contributed by atoms with van der Waals surface area (Å²) in [6.45, 7) is 5.71. The molecule has 0 spiro atoms. The quantitative estimate of drug-likeness (QED) is 0.553. The number of carbonyl (C=O) groups is 3. The van der Waals surface area contributed by atoms with Gasteiger partial charge >= 0.3 is 12.0 Å². The first-order valence-electron chi connectivity index (χ1n) is 9.89. The van der Waals surface area contributed by atoms with Gasteiger partial charge in [0, 0.05) is 38.4 Å². The maximum Gasteiger partial charge on any atom is 0.337 e. The van der Waals surface area contributed by atoms with Gasteiger partial charge in [0.05, 0.1) is 36.0 Å². The van der Waals surface area contributed by atoms with E-state index in [2.05, 4.69) is 25.8 Å². The molecule has 3 rings (SSSR count). The predicted octanol–water partition coefficient (Wildman–Crippen LogP) is 1.03. The lowest BCUT2D eigenvalue weighted by molar-refractivity contribution is -0.138. The van der Waals surface area contributed by atoms with Crippen molar-refractivity contribution in [3.8, 4) is 0 Å². The smallest absolute Gasteiger partial charge is 0.337 e. The highest BCUT2D eigenvalue weighted by molar-refractivity contribution is 6.33. The van der Waals surface area contributed by atoms with Crippen molar-refractivity contribution >= 4 is 35.2 Å². The standard InChI is InChI=1S/C20H26ClN5O4/c1-2-30-19(28)14-11-22-20(29)24-17(14)12-25-7-9-26(10-8-25)13-18(27)23-16-6-4-3-5-15(16)21/h3-6H,2,7-13H2,1H3,(H,23,27)(H2,22,24,29). The van der Waals surface area contributed by atoms with Gasteiger partial charge < -0.3 is 20.7 Å². The van der Waals surface area contributed by atoms with Gasteiger partial charge in [-0.05, 0) is 19.1 Å². The Morgan fingerprint density at radius 1 is 1.17 bits per heavy atom. The van der Waals surface area contributed by atoms with Gasteiger partial charge in [0.25, 0.3) is 0 Å². The third kappa shape index (κ3) is 5.94. The Labute approximate surface area is 180 Å². The normalized spacial score (nSPS) is 17.9. The number of urea groups is 1. The number of hydrogen-bond acceptors (Lipinski definition) is 6. The number of para-hydroxylation sites is 1. The fourth-order valence-electron chi connectivity index (χ4n) is 3.37. The van der Waals surface area contributed by atoms with E-state index in [1.165, 1.54) is 0 Å². The average Bonchev–Trinajstić information content (AvgIpc) is 2.71. The number of ether oxygens (including phenoxy) is 1. The number of hydrogen-bond donors (Lipinski definition) is 3. The van der Waals surface area contributed by atoms with Gasteiger partial charge in [-0.3, -0.25) is 14.6 Å². The Morgan fingerprint density at radius 2 is 1.87 bits per heavy atom. The van der Waals surface area contributed by atoms with Gasteiger partial charge in [-0.15, -0.1) is 0 Å². The van der Waals surface area contributed by atoms with Crippen molar-refractivity contribution in [3.05, 3.63) is 40.6 Å². The van der Waals surface area contributed by atoms with Crippen molar-refractivity contribution in [1.29, 1.82) is 0 Å². The fraction of sp³-hybridized carbons (Fsp3) is 0.450. The van der Waals surface area contributed by atoms with E-state index in [0.29, 0.717) is 54.7 Å². The topological polar surface area (TPSA) is 103 Å². The molecule has 2 aliphatic rings. The van der Waals surface area contributed by atoms with E-state index >= 15 is 0 Å². The summed E-state index contributed by atoms with van der Waals surface area (Å²) in [4.78, 5) is 40.4. The molecule has 162 valence electrons. The summed E-state index contributed by atoms with van der Waals surface area (Å²) < 4.78 is 5.09. The highest BCUT2D eigenvalue weighted by Crippen LogP contribution is 2.20. The van der Waals surface area contributed by atoms with Crippen LogP contribution < -0.4 is 16.0 Å². The molecule has 2 heterocycles. The van der Waals surface area contributed by atoms with E-state index in [9.17, 15) is 14.4 Å². The minimum atomic E-state index is -0.421. The molecule has 30 heavy (non-hydrogen) atoms. The van der Waals surface area contributed by atoms with Gasteiger partial charge in [0.1, 0.15) is 0 Å². The highest BCUT2D eigenvalue weighted by Gasteiger charge is 2.26. The Kier molecular flexibility index (Phi) is 7.67. The molecule has 0 unspecified atom stereocenters. The molecule has 1 saturated heterocycles. The number of piperazine rings is 1. The van der Waals surface area contributed by atoms with E-state index in [1.54, 1.807) is 19.1 Å². The molecule has 2 aliphatic heterocycles. The predicted molar refractivity (Wildman–Crippen MR) is 113 cm³/mol. The summed E-state index contributed by atoms with van der Waals surface area (Å²) in [7, 11) is 0. The largest absolute Gasteiger partial charge is 0.463 e.